The van der Waals surface area contributed by atoms with Crippen molar-refractivity contribution in [1.29, 1.82) is 0 Å². The first kappa shape index (κ1) is 11.3. The van der Waals surface area contributed by atoms with Crippen LogP contribution in [0, 0.1) is 0 Å². The van der Waals surface area contributed by atoms with Gasteiger partial charge in [0.1, 0.15) is 0 Å². The number of halogens is 2. The van der Waals surface area contributed by atoms with Crippen LogP contribution in [-0.2, 0) is 5.54 Å². The van der Waals surface area contributed by atoms with Crippen LogP contribution >= 0.6 is 0 Å². The Balaban J connectivity index is 2.17. The molecule has 0 radical (unpaired) electrons. The second kappa shape index (κ2) is 3.66. The molecule has 0 spiro atoms. The topological polar surface area (TPSA) is 43.8 Å². The minimum Gasteiger partial charge on any atom is -0.321 e. The highest BCUT2D eigenvalue weighted by Gasteiger charge is 2.42. The fourth-order valence-electron chi connectivity index (χ4n) is 2.05. The van der Waals surface area contributed by atoms with Gasteiger partial charge in [-0.25, -0.2) is 13.5 Å². The van der Waals surface area contributed by atoms with Crippen LogP contribution in [0.5, 0.6) is 0 Å². The van der Waals surface area contributed by atoms with Crippen LogP contribution in [-0.4, -0.2) is 15.7 Å². The van der Waals surface area contributed by atoms with Crippen molar-refractivity contribution in [3.63, 3.8) is 0 Å². The molecular weight excluding hydrogens is 212 g/mol. The molecule has 3 nitrogen and oxygen atoms in total. The summed E-state index contributed by atoms with van der Waals surface area (Å²) in [6, 6.07) is 0. The minimum atomic E-state index is -2.56. The summed E-state index contributed by atoms with van der Waals surface area (Å²) in [4.78, 5) is 0. The second-order valence-corrected chi connectivity index (χ2v) is 4.40. The Kier molecular flexibility index (Phi) is 2.58. The van der Waals surface area contributed by atoms with Crippen molar-refractivity contribution in [3.8, 4) is 0 Å². The molecule has 1 aliphatic rings. The minimum absolute atomic E-state index is 0.150. The highest BCUT2D eigenvalue weighted by atomic mass is 19.3. The first-order valence-corrected chi connectivity index (χ1v) is 5.29. The van der Waals surface area contributed by atoms with Gasteiger partial charge in [0.15, 0.2) is 0 Å². The first-order chi connectivity index (χ1) is 7.45. The van der Waals surface area contributed by atoms with E-state index >= 15 is 0 Å². The monoisotopic (exact) mass is 227 g/mol. The van der Waals surface area contributed by atoms with Gasteiger partial charge in [-0.2, -0.15) is 5.10 Å². The second-order valence-electron chi connectivity index (χ2n) is 4.40. The van der Waals surface area contributed by atoms with Gasteiger partial charge in [0.2, 0.25) is 5.92 Å². The van der Waals surface area contributed by atoms with E-state index in [-0.39, 0.29) is 12.8 Å². The van der Waals surface area contributed by atoms with Crippen LogP contribution in [0.15, 0.2) is 19.0 Å². The van der Waals surface area contributed by atoms with Crippen molar-refractivity contribution in [3.05, 3.63) is 24.5 Å². The third-order valence-electron chi connectivity index (χ3n) is 3.24. The summed E-state index contributed by atoms with van der Waals surface area (Å²) < 4.78 is 27.6. The van der Waals surface area contributed by atoms with Gasteiger partial charge in [-0.1, -0.05) is 6.58 Å². The van der Waals surface area contributed by atoms with Crippen molar-refractivity contribution in [2.75, 3.05) is 0 Å². The van der Waals surface area contributed by atoms with E-state index < -0.39 is 11.5 Å². The highest BCUT2D eigenvalue weighted by molar-refractivity contribution is 5.24. The third-order valence-corrected chi connectivity index (χ3v) is 3.24. The molecule has 2 rings (SSSR count). The van der Waals surface area contributed by atoms with E-state index in [2.05, 4.69) is 11.7 Å². The third kappa shape index (κ3) is 2.00. The van der Waals surface area contributed by atoms with Crippen LogP contribution in [0.1, 0.15) is 31.2 Å². The molecule has 1 aliphatic carbocycles. The Hall–Kier alpha value is -1.23. The average Bonchev–Trinajstić information content (AvgIpc) is 2.72. The fourth-order valence-corrected chi connectivity index (χ4v) is 2.05. The van der Waals surface area contributed by atoms with Gasteiger partial charge in [-0.3, -0.25) is 0 Å². The molecule has 0 amide bonds. The van der Waals surface area contributed by atoms with Crippen LogP contribution in [0.3, 0.4) is 0 Å². The summed E-state index contributed by atoms with van der Waals surface area (Å²) >= 11 is 0. The molecule has 0 atom stereocenters. The number of nitrogens with two attached hydrogens (primary N) is 1. The number of alkyl halides is 2. The van der Waals surface area contributed by atoms with E-state index in [0.717, 1.165) is 5.56 Å². The first-order valence-electron chi connectivity index (χ1n) is 5.29. The standard InChI is InChI=1S/C11H15F2N3/c1-2-16-8-9(7-15-16)10(14)3-5-11(12,13)6-4-10/h2,7-8H,1,3-6,14H2. The van der Waals surface area contributed by atoms with Crippen LogP contribution < -0.4 is 5.73 Å². The molecule has 0 aromatic carbocycles. The number of hydrogen-bond acceptors (Lipinski definition) is 2. The zero-order valence-electron chi connectivity index (χ0n) is 9.00. The van der Waals surface area contributed by atoms with Crippen molar-refractivity contribution in [2.45, 2.75) is 37.1 Å². The van der Waals surface area contributed by atoms with E-state index in [1.165, 1.54) is 4.68 Å². The van der Waals surface area contributed by atoms with Gasteiger partial charge in [-0.15, -0.1) is 0 Å². The van der Waals surface area contributed by atoms with Crippen molar-refractivity contribution >= 4 is 6.20 Å². The highest BCUT2D eigenvalue weighted by Crippen LogP contribution is 2.41. The van der Waals surface area contributed by atoms with Gasteiger partial charge in [0.25, 0.3) is 0 Å². The molecule has 88 valence electrons. The van der Waals surface area contributed by atoms with Gasteiger partial charge in [0.05, 0.1) is 6.20 Å². The van der Waals surface area contributed by atoms with Gasteiger partial charge in [-0.05, 0) is 12.8 Å². The molecule has 1 fully saturated rings. The summed E-state index contributed by atoms with van der Waals surface area (Å²) in [5, 5.41) is 4.02. The maximum Gasteiger partial charge on any atom is 0.248 e. The van der Waals surface area contributed by atoms with Gasteiger partial charge < -0.3 is 5.73 Å². The normalized spacial score (nSPS) is 22.9. The molecule has 1 saturated carbocycles. The Bertz CT molecular complexity index is 388. The Morgan fingerprint density at radius 1 is 1.38 bits per heavy atom. The maximum absolute atomic E-state index is 13.0. The quantitative estimate of drug-likeness (QED) is 0.842. The maximum atomic E-state index is 13.0. The Morgan fingerprint density at radius 2 is 2.00 bits per heavy atom. The molecule has 0 aliphatic heterocycles. The van der Waals surface area contributed by atoms with E-state index in [0.29, 0.717) is 12.8 Å². The molecule has 0 unspecified atom stereocenters. The Morgan fingerprint density at radius 3 is 2.50 bits per heavy atom. The largest absolute Gasteiger partial charge is 0.321 e. The zero-order chi connectivity index (χ0) is 11.8. The van der Waals surface area contributed by atoms with Crippen molar-refractivity contribution < 1.29 is 8.78 Å². The van der Waals surface area contributed by atoms with E-state index in [1.807, 2.05) is 0 Å². The lowest BCUT2D eigenvalue weighted by molar-refractivity contribution is -0.0514. The number of aromatic nitrogens is 2. The van der Waals surface area contributed by atoms with E-state index in [1.54, 1.807) is 18.6 Å². The van der Waals surface area contributed by atoms with Crippen LogP contribution in [0.4, 0.5) is 8.78 Å². The van der Waals surface area contributed by atoms with Crippen LogP contribution in [0.2, 0.25) is 0 Å². The Labute approximate surface area is 92.9 Å². The number of rotatable bonds is 2. The fraction of sp³-hybridized carbons (Fsp3) is 0.545. The predicted octanol–water partition coefficient (Wildman–Crippen LogP) is 2.35. The van der Waals surface area contributed by atoms with Gasteiger partial charge >= 0.3 is 0 Å². The summed E-state index contributed by atoms with van der Waals surface area (Å²) in [7, 11) is 0. The summed E-state index contributed by atoms with van der Waals surface area (Å²) in [6.07, 6.45) is 5.21. The smallest absolute Gasteiger partial charge is 0.248 e. The van der Waals surface area contributed by atoms with Crippen molar-refractivity contribution in [1.82, 2.24) is 9.78 Å². The lowest BCUT2D eigenvalue weighted by Gasteiger charge is -2.36. The molecule has 0 bridgehead atoms. The van der Waals surface area contributed by atoms with Crippen molar-refractivity contribution in [2.24, 2.45) is 5.73 Å². The molecule has 16 heavy (non-hydrogen) atoms. The van der Waals surface area contributed by atoms with E-state index in [4.69, 9.17) is 5.73 Å². The average molecular weight is 227 g/mol. The molecule has 0 saturated heterocycles. The lowest BCUT2D eigenvalue weighted by Crippen LogP contribution is -2.43. The molecule has 5 heteroatoms. The lowest BCUT2D eigenvalue weighted by atomic mass is 9.77. The molecule has 1 aromatic rings. The summed E-state index contributed by atoms with van der Waals surface area (Å²) in [5.41, 5.74) is 6.29. The van der Waals surface area contributed by atoms with Crippen LogP contribution in [0.25, 0.3) is 6.20 Å². The van der Waals surface area contributed by atoms with Gasteiger partial charge in [0, 0.05) is 36.3 Å². The SMILES string of the molecule is C=Cn1cc(C2(N)CCC(F)(F)CC2)cn1. The zero-order valence-corrected chi connectivity index (χ0v) is 9.00. The molecule has 2 N–H and O–H groups in total. The number of nitrogens with zero attached hydrogens (tertiary/aromatic N) is 2. The summed E-state index contributed by atoms with van der Waals surface area (Å²) in [5.74, 6) is -2.56. The molecular formula is C11H15F2N3. The summed E-state index contributed by atoms with van der Waals surface area (Å²) in [6.45, 7) is 3.57. The van der Waals surface area contributed by atoms with E-state index in [9.17, 15) is 8.78 Å². The number of hydrogen-bond donors (Lipinski definition) is 1. The molecule has 1 heterocycles. The predicted molar refractivity (Wildman–Crippen MR) is 57.9 cm³/mol. The molecule has 1 aromatic heterocycles.